The number of aryl methyl sites for hydroxylation is 1. The van der Waals surface area contributed by atoms with E-state index in [4.69, 9.17) is 0 Å². The highest BCUT2D eigenvalue weighted by molar-refractivity contribution is 9.10. The van der Waals surface area contributed by atoms with E-state index < -0.39 is 15.8 Å². The van der Waals surface area contributed by atoms with Crippen LogP contribution in [0.5, 0.6) is 0 Å². The molecular formula is C17H14BrFN2O2S. The van der Waals surface area contributed by atoms with Crippen LogP contribution in [0, 0.1) is 12.7 Å². The predicted molar refractivity (Wildman–Crippen MR) is 97.9 cm³/mol. The average molecular weight is 409 g/mol. The van der Waals surface area contributed by atoms with Crippen LogP contribution in [0.2, 0.25) is 0 Å². The standard InChI is InChI=1S/C17H14BrFN2O2S/c1-10-3-5-12(6-4-10)16-11(2)17(21-24(16,22)23)20-15-8-7-13(18)9-14(15)19/h3-9H,1-2H3,(H,20,21). The quantitative estimate of drug-likeness (QED) is 0.796. The maximum Gasteiger partial charge on any atom is 0.285 e. The molecule has 0 aromatic heterocycles. The molecule has 2 aromatic rings. The molecule has 0 unspecified atom stereocenters. The van der Waals surface area contributed by atoms with Crippen LogP contribution in [-0.4, -0.2) is 14.3 Å². The van der Waals surface area contributed by atoms with Gasteiger partial charge in [-0.1, -0.05) is 45.8 Å². The first-order valence-electron chi connectivity index (χ1n) is 7.13. The Kier molecular flexibility index (Phi) is 4.31. The molecule has 0 saturated carbocycles. The molecule has 0 aliphatic carbocycles. The molecule has 0 amide bonds. The van der Waals surface area contributed by atoms with Crippen molar-refractivity contribution in [2.24, 2.45) is 4.40 Å². The molecule has 0 saturated heterocycles. The van der Waals surface area contributed by atoms with Gasteiger partial charge in [-0.25, -0.2) is 4.39 Å². The Bertz CT molecular complexity index is 980. The van der Waals surface area contributed by atoms with E-state index in [0.29, 0.717) is 15.6 Å². The maximum atomic E-state index is 14.0. The van der Waals surface area contributed by atoms with Gasteiger partial charge in [0.2, 0.25) is 0 Å². The van der Waals surface area contributed by atoms with Crippen LogP contribution in [0.3, 0.4) is 0 Å². The summed E-state index contributed by atoms with van der Waals surface area (Å²) in [7, 11) is -3.82. The fraction of sp³-hybridized carbons (Fsp3) is 0.118. The summed E-state index contributed by atoms with van der Waals surface area (Å²) in [6.45, 7) is 3.58. The molecule has 1 N–H and O–H groups in total. The Morgan fingerprint density at radius 1 is 1.08 bits per heavy atom. The Morgan fingerprint density at radius 3 is 2.38 bits per heavy atom. The first-order valence-corrected chi connectivity index (χ1v) is 9.36. The zero-order valence-electron chi connectivity index (χ0n) is 13.0. The Labute approximate surface area is 148 Å². The van der Waals surface area contributed by atoms with Gasteiger partial charge in [-0.05, 0) is 37.6 Å². The summed E-state index contributed by atoms with van der Waals surface area (Å²) < 4.78 is 43.2. The first-order chi connectivity index (χ1) is 11.3. The van der Waals surface area contributed by atoms with Gasteiger partial charge in [-0.15, -0.1) is 4.40 Å². The largest absolute Gasteiger partial charge is 0.337 e. The number of nitrogens with zero attached hydrogens (tertiary/aromatic N) is 1. The van der Waals surface area contributed by atoms with E-state index >= 15 is 0 Å². The number of nitrogens with one attached hydrogen (secondary N) is 1. The second kappa shape index (κ2) is 6.14. The van der Waals surface area contributed by atoms with Gasteiger partial charge in [-0.2, -0.15) is 8.42 Å². The van der Waals surface area contributed by atoms with Crippen molar-refractivity contribution in [3.8, 4) is 0 Å². The summed E-state index contributed by atoms with van der Waals surface area (Å²) in [5.41, 5.74) is 2.22. The minimum atomic E-state index is -3.82. The zero-order valence-corrected chi connectivity index (χ0v) is 15.4. The molecule has 0 spiro atoms. The van der Waals surface area contributed by atoms with Gasteiger partial charge in [0.1, 0.15) is 16.6 Å². The first kappa shape index (κ1) is 16.9. The van der Waals surface area contributed by atoms with Gasteiger partial charge in [0, 0.05) is 10.0 Å². The Morgan fingerprint density at radius 2 is 1.75 bits per heavy atom. The van der Waals surface area contributed by atoms with E-state index in [1.54, 1.807) is 25.1 Å². The van der Waals surface area contributed by atoms with Crippen LogP contribution < -0.4 is 5.32 Å². The van der Waals surface area contributed by atoms with Crippen LogP contribution in [0.4, 0.5) is 10.1 Å². The van der Waals surface area contributed by atoms with E-state index in [0.717, 1.165) is 5.56 Å². The lowest BCUT2D eigenvalue weighted by Crippen LogP contribution is -2.12. The third-order valence-electron chi connectivity index (χ3n) is 3.66. The molecule has 1 heterocycles. The number of benzene rings is 2. The SMILES string of the molecule is CC1=C(c2ccc(C)cc2)S(=O)(=O)N=C1Nc1ccc(Br)cc1F. The lowest BCUT2D eigenvalue weighted by molar-refractivity contribution is 0.608. The lowest BCUT2D eigenvalue weighted by atomic mass is 10.1. The summed E-state index contributed by atoms with van der Waals surface area (Å²) in [6, 6.07) is 11.6. The van der Waals surface area contributed by atoms with E-state index in [2.05, 4.69) is 25.6 Å². The van der Waals surface area contributed by atoms with Crippen LogP contribution in [-0.2, 0) is 10.0 Å². The van der Waals surface area contributed by atoms with Crippen molar-refractivity contribution in [3.05, 3.63) is 69.5 Å². The van der Waals surface area contributed by atoms with Gasteiger partial charge in [0.05, 0.1) is 5.69 Å². The molecule has 3 rings (SSSR count). The molecule has 0 fully saturated rings. The third kappa shape index (κ3) is 3.14. The molecule has 1 aliphatic rings. The van der Waals surface area contributed by atoms with E-state index in [1.165, 1.54) is 12.1 Å². The molecule has 124 valence electrons. The number of anilines is 1. The number of rotatable bonds is 2. The van der Waals surface area contributed by atoms with Crippen molar-refractivity contribution in [2.75, 3.05) is 5.32 Å². The number of amidine groups is 1. The zero-order chi connectivity index (χ0) is 17.5. The molecule has 1 aliphatic heterocycles. The van der Waals surface area contributed by atoms with Crippen molar-refractivity contribution in [1.82, 2.24) is 0 Å². The van der Waals surface area contributed by atoms with E-state index in [1.807, 2.05) is 19.1 Å². The molecule has 0 radical (unpaired) electrons. The fourth-order valence-electron chi connectivity index (χ4n) is 2.44. The minimum Gasteiger partial charge on any atom is -0.337 e. The van der Waals surface area contributed by atoms with Crippen LogP contribution >= 0.6 is 15.9 Å². The second-order valence-corrected chi connectivity index (χ2v) is 7.94. The Hall–Kier alpha value is -1.99. The lowest BCUT2D eigenvalue weighted by Gasteiger charge is -2.08. The highest BCUT2D eigenvalue weighted by Crippen LogP contribution is 2.33. The number of halogens is 2. The summed E-state index contributed by atoms with van der Waals surface area (Å²) in [6.07, 6.45) is 0. The summed E-state index contributed by atoms with van der Waals surface area (Å²) in [5, 5.41) is 2.77. The van der Waals surface area contributed by atoms with Crippen LogP contribution in [0.25, 0.3) is 4.91 Å². The highest BCUT2D eigenvalue weighted by Gasteiger charge is 2.31. The van der Waals surface area contributed by atoms with Gasteiger partial charge in [0.25, 0.3) is 10.0 Å². The molecule has 0 atom stereocenters. The topological polar surface area (TPSA) is 58.5 Å². The van der Waals surface area contributed by atoms with Gasteiger partial charge >= 0.3 is 0 Å². The Balaban J connectivity index is 2.02. The van der Waals surface area contributed by atoms with Crippen molar-refractivity contribution >= 4 is 42.4 Å². The van der Waals surface area contributed by atoms with Crippen LogP contribution in [0.15, 0.2) is 56.9 Å². The molecule has 7 heteroatoms. The second-order valence-electron chi connectivity index (χ2n) is 5.48. The fourth-order valence-corrected chi connectivity index (χ4v) is 4.21. The summed E-state index contributed by atoms with van der Waals surface area (Å²) in [4.78, 5) is 0.141. The molecule has 4 nitrogen and oxygen atoms in total. The van der Waals surface area contributed by atoms with Gasteiger partial charge in [-0.3, -0.25) is 0 Å². The maximum absolute atomic E-state index is 14.0. The summed E-state index contributed by atoms with van der Waals surface area (Å²) in [5.74, 6) is -0.368. The van der Waals surface area contributed by atoms with Crippen molar-refractivity contribution < 1.29 is 12.8 Å². The predicted octanol–water partition coefficient (Wildman–Crippen LogP) is 4.48. The van der Waals surface area contributed by atoms with Gasteiger partial charge in [0.15, 0.2) is 0 Å². The van der Waals surface area contributed by atoms with Crippen molar-refractivity contribution in [2.45, 2.75) is 13.8 Å². The number of hydrogen-bond donors (Lipinski definition) is 1. The molecule has 0 bridgehead atoms. The number of hydrogen-bond acceptors (Lipinski definition) is 3. The van der Waals surface area contributed by atoms with Crippen molar-refractivity contribution in [3.63, 3.8) is 0 Å². The van der Waals surface area contributed by atoms with Crippen molar-refractivity contribution in [1.29, 1.82) is 0 Å². The highest BCUT2D eigenvalue weighted by atomic mass is 79.9. The molecule has 2 aromatic carbocycles. The normalized spacial score (nSPS) is 16.2. The average Bonchev–Trinajstić information content (AvgIpc) is 2.73. The van der Waals surface area contributed by atoms with E-state index in [-0.39, 0.29) is 16.4 Å². The third-order valence-corrected chi connectivity index (χ3v) is 5.64. The molecule has 24 heavy (non-hydrogen) atoms. The summed E-state index contributed by atoms with van der Waals surface area (Å²) >= 11 is 3.18. The van der Waals surface area contributed by atoms with E-state index in [9.17, 15) is 12.8 Å². The number of sulfonamides is 1. The van der Waals surface area contributed by atoms with Crippen LogP contribution in [0.1, 0.15) is 18.1 Å². The minimum absolute atomic E-state index is 0.131. The van der Waals surface area contributed by atoms with Gasteiger partial charge < -0.3 is 5.32 Å². The molecular weight excluding hydrogens is 395 g/mol. The smallest absolute Gasteiger partial charge is 0.285 e. The monoisotopic (exact) mass is 408 g/mol.